The van der Waals surface area contributed by atoms with Crippen LogP contribution in [0.2, 0.25) is 0 Å². The van der Waals surface area contributed by atoms with E-state index in [1.807, 2.05) is 30.0 Å². The summed E-state index contributed by atoms with van der Waals surface area (Å²) in [7, 11) is 2.07. The molecule has 0 radical (unpaired) electrons. The van der Waals surface area contributed by atoms with Crippen LogP contribution in [0, 0.1) is 6.92 Å². The highest BCUT2D eigenvalue weighted by atomic mass is 16.2. The van der Waals surface area contributed by atoms with Crippen LogP contribution in [0.1, 0.15) is 34.8 Å². The van der Waals surface area contributed by atoms with Crippen LogP contribution < -0.4 is 5.32 Å². The van der Waals surface area contributed by atoms with E-state index < -0.39 is 0 Å². The molecule has 1 aromatic heterocycles. The molecular formula is C19H25N5O. The number of carbonyl (C=O) groups excluding carboxylic acids is 1. The van der Waals surface area contributed by atoms with Crippen LogP contribution in [-0.2, 0) is 0 Å². The molecule has 1 unspecified atom stereocenters. The summed E-state index contributed by atoms with van der Waals surface area (Å²) in [5, 5.41) is 3.37. The van der Waals surface area contributed by atoms with Gasteiger partial charge in [-0.05, 0) is 26.5 Å². The second kappa shape index (κ2) is 7.61. The zero-order chi connectivity index (χ0) is 17.8. The quantitative estimate of drug-likeness (QED) is 0.926. The van der Waals surface area contributed by atoms with Gasteiger partial charge in [-0.15, -0.1) is 0 Å². The summed E-state index contributed by atoms with van der Waals surface area (Å²) < 4.78 is 0. The fraction of sp³-hybridized carbons (Fsp3) is 0.421. The number of likely N-dealkylation sites (N-methyl/N-ethyl adjacent to an activating group) is 1. The van der Waals surface area contributed by atoms with E-state index >= 15 is 0 Å². The van der Waals surface area contributed by atoms with Gasteiger partial charge in [0, 0.05) is 38.3 Å². The normalized spacial score (nSPS) is 16.5. The number of hydrogen-bond donors (Lipinski definition) is 1. The molecule has 6 heteroatoms. The lowest BCUT2D eigenvalue weighted by molar-refractivity contribution is 0.0658. The number of benzene rings is 1. The Morgan fingerprint density at radius 1 is 1.12 bits per heavy atom. The molecule has 0 aliphatic carbocycles. The highest BCUT2D eigenvalue weighted by Gasteiger charge is 2.22. The first-order chi connectivity index (χ1) is 12.0. The Morgan fingerprint density at radius 2 is 1.80 bits per heavy atom. The lowest BCUT2D eigenvalue weighted by atomic mass is 10.1. The summed E-state index contributed by atoms with van der Waals surface area (Å²) in [5.74, 6) is 1.26. The molecule has 3 rings (SSSR count). The topological polar surface area (TPSA) is 61.4 Å². The summed E-state index contributed by atoms with van der Waals surface area (Å²) in [4.78, 5) is 25.6. The monoisotopic (exact) mass is 339 g/mol. The number of rotatable bonds is 4. The molecule has 1 aliphatic rings. The van der Waals surface area contributed by atoms with Crippen LogP contribution in [0.4, 0.5) is 5.82 Å². The molecule has 25 heavy (non-hydrogen) atoms. The molecule has 6 nitrogen and oxygen atoms in total. The van der Waals surface area contributed by atoms with Crippen LogP contribution in [0.25, 0.3) is 0 Å². The molecule has 1 saturated heterocycles. The van der Waals surface area contributed by atoms with Gasteiger partial charge in [-0.3, -0.25) is 4.79 Å². The van der Waals surface area contributed by atoms with Gasteiger partial charge in [-0.25, -0.2) is 9.97 Å². The van der Waals surface area contributed by atoms with Gasteiger partial charge in [0.1, 0.15) is 17.3 Å². The Labute approximate surface area is 148 Å². The van der Waals surface area contributed by atoms with Crippen molar-refractivity contribution < 1.29 is 4.79 Å². The van der Waals surface area contributed by atoms with E-state index in [1.165, 1.54) is 5.56 Å². The fourth-order valence-corrected chi connectivity index (χ4v) is 2.97. The Kier molecular flexibility index (Phi) is 5.28. The third kappa shape index (κ3) is 4.33. The first-order valence-electron chi connectivity index (χ1n) is 8.68. The van der Waals surface area contributed by atoms with Crippen LogP contribution in [0.3, 0.4) is 0 Å². The molecule has 0 saturated carbocycles. The van der Waals surface area contributed by atoms with Crippen LogP contribution in [-0.4, -0.2) is 58.9 Å². The third-order valence-corrected chi connectivity index (χ3v) is 4.51. The number of aryl methyl sites for hydroxylation is 1. The molecule has 2 aromatic rings. The van der Waals surface area contributed by atoms with Crippen molar-refractivity contribution in [1.82, 2.24) is 19.8 Å². The molecule has 1 fully saturated rings. The maximum absolute atomic E-state index is 12.8. The minimum Gasteiger partial charge on any atom is -0.363 e. The van der Waals surface area contributed by atoms with Crippen molar-refractivity contribution in [2.75, 3.05) is 38.5 Å². The van der Waals surface area contributed by atoms with Gasteiger partial charge in [0.25, 0.3) is 5.91 Å². The molecule has 1 aliphatic heterocycles. The summed E-state index contributed by atoms with van der Waals surface area (Å²) in [6.07, 6.45) is 0. The van der Waals surface area contributed by atoms with E-state index in [9.17, 15) is 4.79 Å². The zero-order valence-electron chi connectivity index (χ0n) is 15.1. The number of hydrogen-bond acceptors (Lipinski definition) is 5. The first kappa shape index (κ1) is 17.4. The highest BCUT2D eigenvalue weighted by Crippen LogP contribution is 2.19. The molecule has 1 amide bonds. The van der Waals surface area contributed by atoms with E-state index in [-0.39, 0.29) is 11.9 Å². The van der Waals surface area contributed by atoms with Gasteiger partial charge in [0.15, 0.2) is 0 Å². The van der Waals surface area contributed by atoms with E-state index in [1.54, 1.807) is 6.07 Å². The fourth-order valence-electron chi connectivity index (χ4n) is 2.97. The molecular weight excluding hydrogens is 314 g/mol. The van der Waals surface area contributed by atoms with Gasteiger partial charge < -0.3 is 15.1 Å². The van der Waals surface area contributed by atoms with Crippen molar-refractivity contribution in [3.05, 3.63) is 53.5 Å². The van der Waals surface area contributed by atoms with Crippen molar-refractivity contribution >= 4 is 11.7 Å². The maximum atomic E-state index is 12.8. The second-order valence-corrected chi connectivity index (χ2v) is 6.56. The molecule has 132 valence electrons. The van der Waals surface area contributed by atoms with Gasteiger partial charge in [-0.2, -0.15) is 0 Å². The molecule has 1 aromatic carbocycles. The molecule has 0 bridgehead atoms. The van der Waals surface area contributed by atoms with Crippen molar-refractivity contribution in [1.29, 1.82) is 0 Å². The number of carbonyl (C=O) groups is 1. The number of amides is 1. The van der Waals surface area contributed by atoms with Crippen LogP contribution in [0.5, 0.6) is 0 Å². The van der Waals surface area contributed by atoms with Gasteiger partial charge in [0.2, 0.25) is 0 Å². The Hall–Kier alpha value is -2.47. The lowest BCUT2D eigenvalue weighted by Crippen LogP contribution is -2.47. The summed E-state index contributed by atoms with van der Waals surface area (Å²) in [5.41, 5.74) is 1.63. The summed E-state index contributed by atoms with van der Waals surface area (Å²) >= 11 is 0. The predicted molar refractivity (Wildman–Crippen MR) is 98.6 cm³/mol. The van der Waals surface area contributed by atoms with E-state index in [0.717, 1.165) is 26.2 Å². The van der Waals surface area contributed by atoms with Crippen LogP contribution in [0.15, 0.2) is 36.4 Å². The highest BCUT2D eigenvalue weighted by molar-refractivity contribution is 5.93. The standard InChI is InChI=1S/C19H25N5O/c1-14(16-7-5-4-6-8-16)20-18-13-17(21-15(2)22-18)19(25)24-11-9-23(3)10-12-24/h4-8,13-14H,9-12H2,1-3H3,(H,20,21,22). The lowest BCUT2D eigenvalue weighted by Gasteiger charge is -2.32. The number of nitrogens with one attached hydrogen (secondary N) is 1. The maximum Gasteiger partial charge on any atom is 0.272 e. The zero-order valence-corrected chi connectivity index (χ0v) is 15.1. The van der Waals surface area contributed by atoms with Crippen molar-refractivity contribution in [2.24, 2.45) is 0 Å². The number of piperazine rings is 1. The largest absolute Gasteiger partial charge is 0.363 e. The summed E-state index contributed by atoms with van der Waals surface area (Å²) in [6, 6.07) is 12.0. The third-order valence-electron chi connectivity index (χ3n) is 4.51. The van der Waals surface area contributed by atoms with Gasteiger partial charge >= 0.3 is 0 Å². The SMILES string of the molecule is Cc1nc(NC(C)c2ccccc2)cc(C(=O)N2CCN(C)CC2)n1. The minimum absolute atomic E-state index is 0.0194. The second-order valence-electron chi connectivity index (χ2n) is 6.56. The number of aromatic nitrogens is 2. The Bertz CT molecular complexity index is 726. The van der Waals surface area contributed by atoms with E-state index in [0.29, 0.717) is 17.3 Å². The molecule has 0 spiro atoms. The number of nitrogens with zero attached hydrogens (tertiary/aromatic N) is 4. The van der Waals surface area contributed by atoms with E-state index in [2.05, 4.69) is 46.3 Å². The molecule has 1 atom stereocenters. The molecule has 1 N–H and O–H groups in total. The van der Waals surface area contributed by atoms with Crippen LogP contribution >= 0.6 is 0 Å². The van der Waals surface area contributed by atoms with E-state index in [4.69, 9.17) is 0 Å². The van der Waals surface area contributed by atoms with Crippen molar-refractivity contribution in [2.45, 2.75) is 19.9 Å². The van der Waals surface area contributed by atoms with Crippen molar-refractivity contribution in [3.63, 3.8) is 0 Å². The van der Waals surface area contributed by atoms with Gasteiger partial charge in [0.05, 0.1) is 0 Å². The first-order valence-corrected chi connectivity index (χ1v) is 8.68. The van der Waals surface area contributed by atoms with Gasteiger partial charge in [-0.1, -0.05) is 30.3 Å². The van der Waals surface area contributed by atoms with Crippen molar-refractivity contribution in [3.8, 4) is 0 Å². The predicted octanol–water partition coefficient (Wildman–Crippen LogP) is 2.35. The Morgan fingerprint density at radius 3 is 2.48 bits per heavy atom. The smallest absolute Gasteiger partial charge is 0.272 e. The minimum atomic E-state index is -0.0194. The molecule has 2 heterocycles. The Balaban J connectivity index is 1.75. The summed E-state index contributed by atoms with van der Waals surface area (Å²) in [6.45, 7) is 7.16. The average Bonchev–Trinajstić information content (AvgIpc) is 2.62. The average molecular weight is 339 g/mol. The number of anilines is 1.